The fourth-order valence-corrected chi connectivity index (χ4v) is 2.32. The van der Waals surface area contributed by atoms with Gasteiger partial charge in [0.15, 0.2) is 5.43 Å². The van der Waals surface area contributed by atoms with E-state index in [-0.39, 0.29) is 27.9 Å². The summed E-state index contributed by atoms with van der Waals surface area (Å²) in [7, 11) is 1.57. The number of ether oxygens (including phenoxy) is 1. The Bertz CT molecular complexity index is 907. The molecule has 0 radical (unpaired) electrons. The lowest BCUT2D eigenvalue weighted by molar-refractivity contribution is 0.415. The van der Waals surface area contributed by atoms with Gasteiger partial charge in [-0.05, 0) is 31.2 Å². The zero-order chi connectivity index (χ0) is 15.9. The van der Waals surface area contributed by atoms with E-state index in [9.17, 15) is 15.0 Å². The zero-order valence-electron chi connectivity index (χ0n) is 12.1. The van der Waals surface area contributed by atoms with Crippen molar-refractivity contribution in [1.29, 1.82) is 0 Å². The normalized spacial score (nSPS) is 10.8. The number of phenolic OH excluding ortho intramolecular Hbond substituents is 2. The van der Waals surface area contributed by atoms with E-state index in [0.717, 1.165) is 6.07 Å². The van der Waals surface area contributed by atoms with Crippen LogP contribution in [0.5, 0.6) is 17.2 Å². The molecule has 0 saturated carbocycles. The summed E-state index contributed by atoms with van der Waals surface area (Å²) in [5, 5.41) is 19.7. The molecule has 5 nitrogen and oxygen atoms in total. The van der Waals surface area contributed by atoms with Gasteiger partial charge >= 0.3 is 0 Å². The molecule has 3 rings (SSSR count). The van der Waals surface area contributed by atoms with Gasteiger partial charge in [-0.25, -0.2) is 0 Å². The van der Waals surface area contributed by atoms with Gasteiger partial charge in [0.1, 0.15) is 34.0 Å². The Balaban J connectivity index is 2.28. The van der Waals surface area contributed by atoms with Crippen LogP contribution in [0.25, 0.3) is 22.3 Å². The van der Waals surface area contributed by atoms with Gasteiger partial charge in [0, 0.05) is 23.3 Å². The molecule has 1 heterocycles. The maximum atomic E-state index is 12.3. The number of phenols is 2. The summed E-state index contributed by atoms with van der Waals surface area (Å²) in [4.78, 5) is 12.3. The first-order chi connectivity index (χ1) is 10.5. The molecule has 3 aromatic rings. The van der Waals surface area contributed by atoms with Crippen molar-refractivity contribution in [1.82, 2.24) is 0 Å². The summed E-state index contributed by atoms with van der Waals surface area (Å²) in [6, 6.07) is 9.50. The van der Waals surface area contributed by atoms with Gasteiger partial charge < -0.3 is 19.4 Å². The Kier molecular flexibility index (Phi) is 3.25. The number of methoxy groups -OCH3 is 1. The Morgan fingerprint density at radius 2 is 1.73 bits per heavy atom. The van der Waals surface area contributed by atoms with Gasteiger partial charge in [-0.15, -0.1) is 0 Å². The third-order valence-electron chi connectivity index (χ3n) is 3.58. The average Bonchev–Trinajstić information content (AvgIpc) is 2.52. The molecule has 2 N–H and O–H groups in total. The third-order valence-corrected chi connectivity index (χ3v) is 3.58. The van der Waals surface area contributed by atoms with Crippen LogP contribution in [0.3, 0.4) is 0 Å². The lowest BCUT2D eigenvalue weighted by Crippen LogP contribution is -2.02. The first-order valence-electron chi connectivity index (χ1n) is 6.65. The van der Waals surface area contributed by atoms with Crippen molar-refractivity contribution in [3.63, 3.8) is 0 Å². The van der Waals surface area contributed by atoms with Crippen molar-refractivity contribution in [2.24, 2.45) is 0 Å². The van der Waals surface area contributed by atoms with Crippen LogP contribution in [-0.4, -0.2) is 17.3 Å². The Labute approximate surface area is 126 Å². The molecular formula is C17H14O5. The zero-order valence-corrected chi connectivity index (χ0v) is 12.1. The van der Waals surface area contributed by atoms with Gasteiger partial charge in [-0.2, -0.15) is 0 Å². The second-order valence-electron chi connectivity index (χ2n) is 4.95. The predicted molar refractivity (Wildman–Crippen MR) is 82.5 cm³/mol. The highest BCUT2D eigenvalue weighted by molar-refractivity contribution is 5.88. The van der Waals surface area contributed by atoms with E-state index in [1.807, 2.05) is 0 Å². The van der Waals surface area contributed by atoms with E-state index in [2.05, 4.69) is 0 Å². The summed E-state index contributed by atoms with van der Waals surface area (Å²) in [6.07, 6.45) is 0. The molecule has 0 aliphatic rings. The van der Waals surface area contributed by atoms with Crippen molar-refractivity contribution in [2.75, 3.05) is 7.11 Å². The van der Waals surface area contributed by atoms with Crippen molar-refractivity contribution in [3.8, 4) is 28.6 Å². The summed E-state index contributed by atoms with van der Waals surface area (Å²) in [5.41, 5.74) is 0.908. The van der Waals surface area contributed by atoms with Crippen LogP contribution >= 0.6 is 0 Å². The van der Waals surface area contributed by atoms with Crippen LogP contribution in [0.2, 0.25) is 0 Å². The molecule has 0 atom stereocenters. The molecule has 0 aliphatic carbocycles. The number of rotatable bonds is 2. The first-order valence-corrected chi connectivity index (χ1v) is 6.65. The number of aryl methyl sites for hydroxylation is 1. The van der Waals surface area contributed by atoms with Crippen LogP contribution in [0.4, 0.5) is 0 Å². The number of aromatic hydroxyl groups is 2. The molecule has 0 unspecified atom stereocenters. The minimum absolute atomic E-state index is 0.0626. The molecule has 22 heavy (non-hydrogen) atoms. The molecule has 0 saturated heterocycles. The molecule has 0 fully saturated rings. The summed E-state index contributed by atoms with van der Waals surface area (Å²) < 4.78 is 10.8. The van der Waals surface area contributed by atoms with Crippen LogP contribution in [0.15, 0.2) is 45.6 Å². The molecule has 0 bridgehead atoms. The maximum absolute atomic E-state index is 12.3. The summed E-state index contributed by atoms with van der Waals surface area (Å²) >= 11 is 0. The smallest absolute Gasteiger partial charge is 0.197 e. The second kappa shape index (κ2) is 5.11. The third kappa shape index (κ3) is 2.16. The average molecular weight is 298 g/mol. The van der Waals surface area contributed by atoms with Crippen molar-refractivity contribution >= 4 is 11.0 Å². The maximum Gasteiger partial charge on any atom is 0.197 e. The van der Waals surface area contributed by atoms with Crippen LogP contribution in [0.1, 0.15) is 5.56 Å². The Morgan fingerprint density at radius 1 is 1.05 bits per heavy atom. The predicted octanol–water partition coefficient (Wildman–Crippen LogP) is 3.19. The van der Waals surface area contributed by atoms with Crippen LogP contribution < -0.4 is 10.2 Å². The van der Waals surface area contributed by atoms with Crippen molar-refractivity contribution in [3.05, 3.63) is 52.2 Å². The number of fused-ring (bicyclic) bond motifs is 1. The van der Waals surface area contributed by atoms with E-state index in [0.29, 0.717) is 22.6 Å². The molecule has 5 heteroatoms. The molecular weight excluding hydrogens is 284 g/mol. The lowest BCUT2D eigenvalue weighted by atomic mass is 10.1. The van der Waals surface area contributed by atoms with Crippen LogP contribution in [-0.2, 0) is 0 Å². The van der Waals surface area contributed by atoms with Crippen molar-refractivity contribution < 1.29 is 19.4 Å². The number of benzene rings is 2. The minimum Gasteiger partial charge on any atom is -0.507 e. The highest BCUT2D eigenvalue weighted by Crippen LogP contribution is 2.34. The largest absolute Gasteiger partial charge is 0.507 e. The topological polar surface area (TPSA) is 79.9 Å². The first kappa shape index (κ1) is 14.0. The lowest BCUT2D eigenvalue weighted by Gasteiger charge is -2.08. The fraction of sp³-hybridized carbons (Fsp3) is 0.118. The SMILES string of the molecule is COc1ccc(-c2cc(=O)c3c(O)cc(O)c(C)c3o2)cc1. The van der Waals surface area contributed by atoms with Gasteiger partial charge in [0.2, 0.25) is 0 Å². The highest BCUT2D eigenvalue weighted by atomic mass is 16.5. The van der Waals surface area contributed by atoms with Gasteiger partial charge in [-0.1, -0.05) is 0 Å². The Morgan fingerprint density at radius 3 is 2.36 bits per heavy atom. The number of hydrogen-bond acceptors (Lipinski definition) is 5. The van der Waals surface area contributed by atoms with Crippen LogP contribution in [0, 0.1) is 6.92 Å². The van der Waals surface area contributed by atoms with E-state index in [1.165, 1.54) is 6.07 Å². The highest BCUT2D eigenvalue weighted by Gasteiger charge is 2.15. The molecule has 1 aromatic heterocycles. The van der Waals surface area contributed by atoms with Crippen molar-refractivity contribution in [2.45, 2.75) is 6.92 Å². The monoisotopic (exact) mass is 298 g/mol. The van der Waals surface area contributed by atoms with E-state index < -0.39 is 0 Å². The number of hydrogen-bond donors (Lipinski definition) is 2. The minimum atomic E-state index is -0.368. The van der Waals surface area contributed by atoms with Gasteiger partial charge in [0.05, 0.1) is 7.11 Å². The van der Waals surface area contributed by atoms with E-state index in [1.54, 1.807) is 38.3 Å². The van der Waals surface area contributed by atoms with Gasteiger partial charge in [-0.3, -0.25) is 4.79 Å². The quantitative estimate of drug-likeness (QED) is 0.759. The Hall–Kier alpha value is -2.95. The molecule has 112 valence electrons. The molecule has 2 aromatic carbocycles. The second-order valence-corrected chi connectivity index (χ2v) is 4.95. The molecule has 0 spiro atoms. The van der Waals surface area contributed by atoms with E-state index in [4.69, 9.17) is 9.15 Å². The standard InChI is InChI=1S/C17H14O5/c1-9-12(18)7-13(19)16-14(20)8-15(22-17(9)16)10-3-5-11(21-2)6-4-10/h3-8,18-19H,1-2H3. The summed E-state index contributed by atoms with van der Waals surface area (Å²) in [6.45, 7) is 1.62. The molecule has 0 aliphatic heterocycles. The van der Waals surface area contributed by atoms with E-state index >= 15 is 0 Å². The fourth-order valence-electron chi connectivity index (χ4n) is 2.32. The van der Waals surface area contributed by atoms with Gasteiger partial charge in [0.25, 0.3) is 0 Å². The summed E-state index contributed by atoms with van der Waals surface area (Å²) in [5.74, 6) is 0.625. The molecule has 0 amide bonds.